The molecule has 0 bridgehead atoms. The Labute approximate surface area is 410 Å². The van der Waals surface area contributed by atoms with E-state index in [1.807, 2.05) is 6.07 Å². The molecule has 3 aliphatic carbocycles. The van der Waals surface area contributed by atoms with Crippen LogP contribution in [0.5, 0.6) is 0 Å². The van der Waals surface area contributed by atoms with Crippen molar-refractivity contribution in [2.75, 3.05) is 4.90 Å². The molecule has 0 fully saturated rings. The zero-order valence-corrected chi connectivity index (χ0v) is 38.6. The summed E-state index contributed by atoms with van der Waals surface area (Å²) in [5, 5.41) is 4.70. The van der Waals surface area contributed by atoms with Crippen molar-refractivity contribution in [3.63, 3.8) is 0 Å². The topological polar surface area (TPSA) is 21.3 Å². The monoisotopic (exact) mass is 902 g/mol. The van der Waals surface area contributed by atoms with Gasteiger partial charge in [0.25, 0.3) is 0 Å². The van der Waals surface area contributed by atoms with Gasteiger partial charge in [-0.2, -0.15) is 0 Å². The van der Waals surface area contributed by atoms with E-state index in [0.717, 1.165) is 44.7 Å². The lowest BCUT2D eigenvalue weighted by molar-refractivity contribution is 0.633. The Kier molecular flexibility index (Phi) is 7.75. The van der Waals surface area contributed by atoms with Crippen LogP contribution in [0.2, 0.25) is 0 Å². The SMILES string of the molecule is c1cc(N(c2ccc3c(c2)-c2ccccc2C32c3ccccc3C3(c4ccccc4-c4ccccc43)c3ccccc32)c2ccc3c(c2)oc2ccccc23)cc(-n2c3ccccc3c3ccccc32)c1. The molecule has 0 N–H and O–H groups in total. The van der Waals surface area contributed by atoms with Gasteiger partial charge in [-0.05, 0) is 127 Å². The molecule has 11 aromatic carbocycles. The highest BCUT2D eigenvalue weighted by molar-refractivity contribution is 6.10. The second kappa shape index (κ2) is 14.2. The van der Waals surface area contributed by atoms with Gasteiger partial charge in [0.15, 0.2) is 0 Å². The summed E-state index contributed by atoms with van der Waals surface area (Å²) >= 11 is 0. The number of anilines is 3. The molecule has 3 aliphatic rings. The summed E-state index contributed by atoms with van der Waals surface area (Å²) in [4.78, 5) is 2.42. The maximum atomic E-state index is 6.61. The van der Waals surface area contributed by atoms with E-state index in [1.54, 1.807) is 0 Å². The molecular formula is C68H42N2O. The minimum Gasteiger partial charge on any atom is -0.456 e. The number of hydrogen-bond donors (Lipinski definition) is 0. The predicted molar refractivity (Wildman–Crippen MR) is 291 cm³/mol. The van der Waals surface area contributed by atoms with Gasteiger partial charge >= 0.3 is 0 Å². The fraction of sp³-hybridized carbons (Fsp3) is 0.0294. The zero-order valence-electron chi connectivity index (χ0n) is 38.6. The Bertz CT molecular complexity index is 4250. The van der Waals surface area contributed by atoms with E-state index in [-0.39, 0.29) is 0 Å². The summed E-state index contributed by atoms with van der Waals surface area (Å²) < 4.78 is 9.02. The van der Waals surface area contributed by atoms with E-state index in [4.69, 9.17) is 4.42 Å². The van der Waals surface area contributed by atoms with Gasteiger partial charge in [0.05, 0.1) is 21.9 Å². The van der Waals surface area contributed by atoms with E-state index in [2.05, 4.69) is 258 Å². The van der Waals surface area contributed by atoms with Gasteiger partial charge in [-0.25, -0.2) is 0 Å². The maximum Gasteiger partial charge on any atom is 0.137 e. The van der Waals surface area contributed by atoms with Crippen molar-refractivity contribution in [3.8, 4) is 27.9 Å². The highest BCUT2D eigenvalue weighted by Gasteiger charge is 2.58. The number of fused-ring (bicyclic) bond motifs is 22. The Morgan fingerprint density at radius 1 is 0.282 bits per heavy atom. The molecule has 13 aromatic rings. The second-order valence-electron chi connectivity index (χ2n) is 19.5. The van der Waals surface area contributed by atoms with Crippen LogP contribution in [0.4, 0.5) is 17.1 Å². The number of aromatic nitrogens is 1. The van der Waals surface area contributed by atoms with Gasteiger partial charge in [-0.15, -0.1) is 0 Å². The molecule has 2 aromatic heterocycles. The van der Waals surface area contributed by atoms with Crippen molar-refractivity contribution in [1.82, 2.24) is 4.57 Å². The third-order valence-corrected chi connectivity index (χ3v) is 16.3. The molecule has 16 rings (SSSR count). The Morgan fingerprint density at radius 3 is 1.30 bits per heavy atom. The van der Waals surface area contributed by atoms with Crippen LogP contribution in [0, 0.1) is 0 Å². The third-order valence-electron chi connectivity index (χ3n) is 16.3. The van der Waals surface area contributed by atoms with Gasteiger partial charge in [-0.1, -0.05) is 188 Å². The summed E-state index contributed by atoms with van der Waals surface area (Å²) in [5.74, 6) is 0. The van der Waals surface area contributed by atoms with Crippen molar-refractivity contribution in [2.45, 2.75) is 10.8 Å². The molecule has 2 spiro atoms. The molecule has 0 unspecified atom stereocenters. The number of nitrogens with zero attached hydrogens (tertiary/aromatic N) is 2. The van der Waals surface area contributed by atoms with Crippen molar-refractivity contribution < 1.29 is 4.42 Å². The number of rotatable bonds is 4. The molecule has 0 saturated heterocycles. The number of para-hydroxylation sites is 3. The first-order chi connectivity index (χ1) is 35.2. The standard InChI is InChI=1S/C68H42N2O/c1-7-26-55-47(20-1)48-21-2-8-27-56(48)67(55)59-29-10-12-31-61(59)68(62-32-13-11-30-60(62)67)57-28-9-3-22-49(57)54-41-45(37-39-58(54)68)69(46-36-38-53-52-25-6-16-35-65(52)71-66(53)42-46)43-18-17-19-44(40-43)70-63-33-14-4-23-50(63)51-24-5-15-34-64(51)70/h1-42H. The average Bonchev–Trinajstić information content (AvgIpc) is 4.16. The fourth-order valence-corrected chi connectivity index (χ4v) is 13.6. The lowest BCUT2D eigenvalue weighted by atomic mass is 9.52. The van der Waals surface area contributed by atoms with E-state index in [0.29, 0.717) is 0 Å². The van der Waals surface area contributed by atoms with Crippen LogP contribution in [0.15, 0.2) is 259 Å². The Hall–Kier alpha value is -9.18. The zero-order chi connectivity index (χ0) is 46.4. The molecule has 71 heavy (non-hydrogen) atoms. The van der Waals surface area contributed by atoms with Crippen LogP contribution < -0.4 is 4.90 Å². The first-order valence-corrected chi connectivity index (χ1v) is 24.7. The lowest BCUT2D eigenvalue weighted by Gasteiger charge is -2.48. The minimum absolute atomic E-state index is 0.489. The largest absolute Gasteiger partial charge is 0.456 e. The molecular weight excluding hydrogens is 861 g/mol. The molecule has 2 heterocycles. The third kappa shape index (κ3) is 4.92. The second-order valence-corrected chi connectivity index (χ2v) is 19.5. The van der Waals surface area contributed by atoms with E-state index in [1.165, 1.54) is 88.6 Å². The van der Waals surface area contributed by atoms with Gasteiger partial charge in [0.2, 0.25) is 0 Å². The molecule has 3 heteroatoms. The van der Waals surface area contributed by atoms with Crippen LogP contribution in [-0.4, -0.2) is 4.57 Å². The molecule has 330 valence electrons. The highest BCUT2D eigenvalue weighted by atomic mass is 16.3. The Balaban J connectivity index is 0.950. The fourth-order valence-electron chi connectivity index (χ4n) is 13.6. The van der Waals surface area contributed by atoms with Crippen molar-refractivity contribution in [1.29, 1.82) is 0 Å². The number of hydrogen-bond acceptors (Lipinski definition) is 2. The summed E-state index contributed by atoms with van der Waals surface area (Å²) in [6, 6.07) is 94.9. The predicted octanol–water partition coefficient (Wildman–Crippen LogP) is 17.2. The lowest BCUT2D eigenvalue weighted by Crippen LogP contribution is -2.43. The molecule has 0 radical (unpaired) electrons. The van der Waals surface area contributed by atoms with Crippen LogP contribution >= 0.6 is 0 Å². The minimum atomic E-state index is -0.580. The number of furan rings is 1. The normalized spacial score (nSPS) is 14.1. The number of benzene rings is 11. The van der Waals surface area contributed by atoms with Crippen LogP contribution in [0.3, 0.4) is 0 Å². The quantitative estimate of drug-likeness (QED) is 0.175. The van der Waals surface area contributed by atoms with E-state index in [9.17, 15) is 0 Å². The van der Waals surface area contributed by atoms with Crippen LogP contribution in [-0.2, 0) is 10.8 Å². The Morgan fingerprint density at radius 2 is 0.704 bits per heavy atom. The van der Waals surface area contributed by atoms with E-state index < -0.39 is 10.8 Å². The molecule has 3 nitrogen and oxygen atoms in total. The maximum absolute atomic E-state index is 6.61. The summed E-state index contributed by atoms with van der Waals surface area (Å²) in [5.41, 5.74) is 23.0. The van der Waals surface area contributed by atoms with Gasteiger partial charge < -0.3 is 13.9 Å². The van der Waals surface area contributed by atoms with Crippen LogP contribution in [0.25, 0.3) is 71.7 Å². The summed E-state index contributed by atoms with van der Waals surface area (Å²) in [6.45, 7) is 0. The van der Waals surface area contributed by atoms with Gasteiger partial charge in [-0.3, -0.25) is 0 Å². The van der Waals surface area contributed by atoms with Crippen molar-refractivity contribution in [2.24, 2.45) is 0 Å². The molecule has 0 aliphatic heterocycles. The van der Waals surface area contributed by atoms with Gasteiger partial charge in [0, 0.05) is 50.4 Å². The van der Waals surface area contributed by atoms with E-state index >= 15 is 0 Å². The summed E-state index contributed by atoms with van der Waals surface area (Å²) in [6.07, 6.45) is 0. The molecule has 0 saturated carbocycles. The van der Waals surface area contributed by atoms with Crippen molar-refractivity contribution in [3.05, 3.63) is 299 Å². The smallest absolute Gasteiger partial charge is 0.137 e. The van der Waals surface area contributed by atoms with Gasteiger partial charge in [0.1, 0.15) is 11.2 Å². The average molecular weight is 903 g/mol. The first kappa shape index (κ1) is 38.8. The first-order valence-electron chi connectivity index (χ1n) is 24.7. The summed E-state index contributed by atoms with van der Waals surface area (Å²) in [7, 11) is 0. The molecule has 0 atom stereocenters. The van der Waals surface area contributed by atoms with Crippen molar-refractivity contribution >= 4 is 60.8 Å². The van der Waals surface area contributed by atoms with Crippen LogP contribution in [0.1, 0.15) is 44.5 Å². The highest BCUT2D eigenvalue weighted by Crippen LogP contribution is 2.67. The molecule has 0 amide bonds.